The number of nitrogens with zero attached hydrogens (tertiary/aromatic N) is 2. The molecule has 214 valence electrons. The lowest BCUT2D eigenvalue weighted by Crippen LogP contribution is -2.50. The zero-order valence-electron chi connectivity index (χ0n) is 23.4. The van der Waals surface area contributed by atoms with Gasteiger partial charge in [-0.1, -0.05) is 20.8 Å². The molecular weight excluding hydrogens is 521 g/mol. The van der Waals surface area contributed by atoms with Gasteiger partial charge in [0.25, 0.3) is 5.91 Å². The van der Waals surface area contributed by atoms with E-state index in [1.807, 2.05) is 18.7 Å². The minimum absolute atomic E-state index is 0.140. The Bertz CT molecular complexity index is 1290. The van der Waals surface area contributed by atoms with Crippen molar-refractivity contribution in [1.29, 1.82) is 0 Å². The van der Waals surface area contributed by atoms with Gasteiger partial charge in [0.15, 0.2) is 0 Å². The number of hydrogen-bond acceptors (Lipinski definition) is 7. The molecule has 1 aromatic heterocycles. The van der Waals surface area contributed by atoms with Crippen molar-refractivity contribution in [2.24, 2.45) is 11.8 Å². The number of carbonyl (C=O) groups is 1. The Morgan fingerprint density at radius 1 is 1.28 bits per heavy atom. The number of amides is 1. The molecular formula is C28H40FN5O4S. The first-order valence-corrected chi connectivity index (χ1v) is 15.1. The van der Waals surface area contributed by atoms with Crippen LogP contribution in [0.25, 0.3) is 11.3 Å². The Morgan fingerprint density at radius 3 is 2.69 bits per heavy atom. The van der Waals surface area contributed by atoms with Crippen molar-refractivity contribution in [3.05, 3.63) is 41.7 Å². The quantitative estimate of drug-likeness (QED) is 0.426. The number of piperidine rings is 1. The molecule has 11 heteroatoms. The van der Waals surface area contributed by atoms with E-state index in [0.717, 1.165) is 19.4 Å². The van der Waals surface area contributed by atoms with Gasteiger partial charge in [0.05, 0.1) is 17.9 Å². The summed E-state index contributed by atoms with van der Waals surface area (Å²) >= 11 is 0. The fourth-order valence-corrected chi connectivity index (χ4v) is 6.44. The summed E-state index contributed by atoms with van der Waals surface area (Å²) in [6.07, 6.45) is 2.42. The van der Waals surface area contributed by atoms with E-state index in [0.29, 0.717) is 54.9 Å². The minimum Gasteiger partial charge on any atom is -0.493 e. The molecule has 2 aliphatic rings. The summed E-state index contributed by atoms with van der Waals surface area (Å²) in [6, 6.07) is 7.31. The third-order valence-corrected chi connectivity index (χ3v) is 8.14. The molecule has 39 heavy (non-hydrogen) atoms. The van der Waals surface area contributed by atoms with Gasteiger partial charge in [0, 0.05) is 36.3 Å². The number of aromatic nitrogens is 1. The number of rotatable bonds is 9. The second-order valence-electron chi connectivity index (χ2n) is 11.8. The number of halogens is 1. The maximum absolute atomic E-state index is 14.5. The largest absolute Gasteiger partial charge is 0.493 e. The molecule has 1 aromatic carbocycles. The summed E-state index contributed by atoms with van der Waals surface area (Å²) in [5.74, 6) is 0.155. The van der Waals surface area contributed by atoms with Crippen molar-refractivity contribution in [1.82, 2.24) is 19.7 Å². The number of benzene rings is 1. The number of anilines is 1. The van der Waals surface area contributed by atoms with Gasteiger partial charge < -0.3 is 15.0 Å². The van der Waals surface area contributed by atoms with Crippen molar-refractivity contribution in [3.8, 4) is 17.0 Å². The van der Waals surface area contributed by atoms with Crippen molar-refractivity contribution in [3.63, 3.8) is 0 Å². The monoisotopic (exact) mass is 561 g/mol. The Hall–Kier alpha value is -2.76. The van der Waals surface area contributed by atoms with Crippen LogP contribution in [0.2, 0.25) is 0 Å². The van der Waals surface area contributed by atoms with Crippen molar-refractivity contribution < 1.29 is 22.3 Å². The van der Waals surface area contributed by atoms with Gasteiger partial charge in [-0.2, -0.15) is 13.1 Å². The smallest absolute Gasteiger partial charge is 0.301 e. The number of ether oxygens (including phenoxy) is 1. The molecule has 3 heterocycles. The van der Waals surface area contributed by atoms with E-state index in [2.05, 4.69) is 35.5 Å². The molecule has 0 spiro atoms. The van der Waals surface area contributed by atoms with Crippen LogP contribution in [0.1, 0.15) is 64.2 Å². The van der Waals surface area contributed by atoms with Gasteiger partial charge in [-0.15, -0.1) is 0 Å². The summed E-state index contributed by atoms with van der Waals surface area (Å²) in [4.78, 5) is 20.2. The molecule has 2 saturated heterocycles. The van der Waals surface area contributed by atoms with Crippen LogP contribution in [0.15, 0.2) is 30.3 Å². The van der Waals surface area contributed by atoms with E-state index < -0.39 is 21.9 Å². The first-order valence-electron chi connectivity index (χ1n) is 13.6. The molecule has 2 aliphatic heterocycles. The first-order chi connectivity index (χ1) is 18.3. The third kappa shape index (κ3) is 7.46. The Labute approximate surface area is 231 Å². The van der Waals surface area contributed by atoms with Crippen LogP contribution in [0, 0.1) is 17.7 Å². The topological polar surface area (TPSA) is 113 Å². The number of pyridine rings is 1. The average Bonchev–Trinajstić information content (AvgIpc) is 3.13. The Kier molecular flexibility index (Phi) is 8.82. The summed E-state index contributed by atoms with van der Waals surface area (Å²) in [5, 5.41) is 3.15. The third-order valence-electron chi connectivity index (χ3n) is 7.04. The maximum Gasteiger partial charge on any atom is 0.301 e. The predicted molar refractivity (Wildman–Crippen MR) is 151 cm³/mol. The number of carbonyl (C=O) groups excluding carboxylic acids is 1. The highest BCUT2D eigenvalue weighted by atomic mass is 32.2. The van der Waals surface area contributed by atoms with Crippen LogP contribution < -0.4 is 24.4 Å². The number of nitrogens with one attached hydrogen (secondary N) is 3. The molecule has 9 nitrogen and oxygen atoms in total. The zero-order valence-corrected chi connectivity index (χ0v) is 24.2. The van der Waals surface area contributed by atoms with E-state index in [1.54, 1.807) is 18.2 Å². The van der Waals surface area contributed by atoms with Gasteiger partial charge in [0.2, 0.25) is 0 Å². The van der Waals surface area contributed by atoms with E-state index >= 15 is 0 Å². The van der Waals surface area contributed by atoms with Crippen LogP contribution >= 0.6 is 0 Å². The van der Waals surface area contributed by atoms with E-state index in [4.69, 9.17) is 9.72 Å². The van der Waals surface area contributed by atoms with Gasteiger partial charge in [-0.25, -0.2) is 14.1 Å². The van der Waals surface area contributed by atoms with Gasteiger partial charge in [-0.05, 0) is 75.8 Å². The van der Waals surface area contributed by atoms with Gasteiger partial charge in [-0.3, -0.25) is 4.79 Å². The molecule has 0 unspecified atom stereocenters. The number of hydrogen-bond donors (Lipinski definition) is 3. The van der Waals surface area contributed by atoms with E-state index in [1.165, 1.54) is 12.1 Å². The normalized spacial score (nSPS) is 21.3. The van der Waals surface area contributed by atoms with Crippen LogP contribution in [0.4, 0.5) is 10.2 Å². The molecule has 0 saturated carbocycles. The summed E-state index contributed by atoms with van der Waals surface area (Å²) in [7, 11) is -4.10. The standard InChI is InChI=1S/C28H40FN5O4S/c1-18(2)17-38-23-12-20(11-21(29)13-23)25-9-8-24(26(31-25)34-16-19(3)14-28(34,4)5)27(35)33-39(36,37)32-22-7-6-10-30-15-22/h8-9,11-13,18-19,22,30,32H,6-7,10,14-17H2,1-5H3,(H,33,35)/t19-,22-/m0/s1. The van der Waals surface area contributed by atoms with E-state index in [-0.39, 0.29) is 23.1 Å². The molecule has 3 N–H and O–H groups in total. The second kappa shape index (κ2) is 11.8. The fourth-order valence-electron chi connectivity index (χ4n) is 5.39. The van der Waals surface area contributed by atoms with Crippen molar-refractivity contribution in [2.45, 2.75) is 65.5 Å². The minimum atomic E-state index is -4.10. The molecule has 0 radical (unpaired) electrons. The van der Waals surface area contributed by atoms with Crippen molar-refractivity contribution in [2.75, 3.05) is 31.1 Å². The lowest BCUT2D eigenvalue weighted by atomic mass is 9.97. The van der Waals surface area contributed by atoms with Crippen LogP contribution in [-0.2, 0) is 10.2 Å². The van der Waals surface area contributed by atoms with E-state index in [9.17, 15) is 17.6 Å². The highest BCUT2D eigenvalue weighted by Crippen LogP contribution is 2.38. The molecule has 1 amide bonds. The molecule has 2 atom stereocenters. The summed E-state index contributed by atoms with van der Waals surface area (Å²) in [6.45, 7) is 12.7. The highest BCUT2D eigenvalue weighted by Gasteiger charge is 2.39. The van der Waals surface area contributed by atoms with Gasteiger partial charge >= 0.3 is 10.2 Å². The zero-order chi connectivity index (χ0) is 28.4. The van der Waals surface area contributed by atoms with Crippen LogP contribution in [0.5, 0.6) is 5.75 Å². The molecule has 0 aliphatic carbocycles. The molecule has 2 fully saturated rings. The second-order valence-corrected chi connectivity index (χ2v) is 13.2. The van der Waals surface area contributed by atoms with Crippen LogP contribution in [-0.4, -0.2) is 57.1 Å². The van der Waals surface area contributed by atoms with Gasteiger partial charge in [0.1, 0.15) is 17.4 Å². The van der Waals surface area contributed by atoms with Crippen LogP contribution in [0.3, 0.4) is 0 Å². The Balaban J connectivity index is 1.68. The highest BCUT2D eigenvalue weighted by molar-refractivity contribution is 7.88. The molecule has 2 aromatic rings. The molecule has 0 bridgehead atoms. The summed E-state index contributed by atoms with van der Waals surface area (Å²) < 4.78 is 50.6. The average molecular weight is 562 g/mol. The Morgan fingerprint density at radius 2 is 2.05 bits per heavy atom. The summed E-state index contributed by atoms with van der Waals surface area (Å²) in [5.41, 5.74) is 0.783. The lowest BCUT2D eigenvalue weighted by molar-refractivity contribution is 0.0981. The maximum atomic E-state index is 14.5. The lowest BCUT2D eigenvalue weighted by Gasteiger charge is -2.34. The fraction of sp³-hybridized carbons (Fsp3) is 0.571. The SMILES string of the molecule is CC(C)COc1cc(F)cc(-c2ccc(C(=O)NS(=O)(=O)N[C@H]3CCCNC3)c(N3C[C@@H](C)CC3(C)C)n2)c1. The first kappa shape index (κ1) is 29.2. The predicted octanol–water partition coefficient (Wildman–Crippen LogP) is 3.86. The molecule has 4 rings (SSSR count). The van der Waals surface area contributed by atoms with Crippen molar-refractivity contribution >= 4 is 21.9 Å².